The lowest BCUT2D eigenvalue weighted by Gasteiger charge is -2.33. The van der Waals surface area contributed by atoms with Crippen LogP contribution in [-0.4, -0.2) is 22.6 Å². The number of rotatable bonds is 4. The summed E-state index contributed by atoms with van der Waals surface area (Å²) >= 11 is 0. The SMILES string of the molecule is CCN(C1CCCC1)C(C)c1ccc(O)cc1. The van der Waals surface area contributed by atoms with Gasteiger partial charge in [-0.25, -0.2) is 0 Å². The summed E-state index contributed by atoms with van der Waals surface area (Å²) in [5, 5.41) is 9.33. The zero-order valence-corrected chi connectivity index (χ0v) is 10.9. The third-order valence-electron chi connectivity index (χ3n) is 4.03. The van der Waals surface area contributed by atoms with Crippen LogP contribution in [-0.2, 0) is 0 Å². The highest BCUT2D eigenvalue weighted by molar-refractivity contribution is 5.27. The van der Waals surface area contributed by atoms with E-state index >= 15 is 0 Å². The maximum atomic E-state index is 9.33. The van der Waals surface area contributed by atoms with Gasteiger partial charge in [-0.2, -0.15) is 0 Å². The molecule has 0 spiro atoms. The monoisotopic (exact) mass is 233 g/mol. The van der Waals surface area contributed by atoms with E-state index in [0.717, 1.165) is 12.6 Å². The molecule has 1 aromatic carbocycles. The highest BCUT2D eigenvalue weighted by atomic mass is 16.3. The predicted molar refractivity (Wildman–Crippen MR) is 71.2 cm³/mol. The van der Waals surface area contributed by atoms with Gasteiger partial charge in [0.25, 0.3) is 0 Å². The van der Waals surface area contributed by atoms with Crippen LogP contribution in [0.1, 0.15) is 51.1 Å². The Kier molecular flexibility index (Phi) is 4.06. The molecule has 1 fully saturated rings. The second-order valence-electron chi connectivity index (χ2n) is 5.04. The molecule has 94 valence electrons. The van der Waals surface area contributed by atoms with E-state index in [2.05, 4.69) is 18.7 Å². The van der Waals surface area contributed by atoms with E-state index in [4.69, 9.17) is 0 Å². The lowest BCUT2D eigenvalue weighted by atomic mass is 10.0. The van der Waals surface area contributed by atoms with Crippen molar-refractivity contribution in [1.82, 2.24) is 4.90 Å². The Morgan fingerprint density at radius 3 is 2.35 bits per heavy atom. The van der Waals surface area contributed by atoms with Crippen molar-refractivity contribution >= 4 is 0 Å². The van der Waals surface area contributed by atoms with E-state index in [0.29, 0.717) is 11.8 Å². The van der Waals surface area contributed by atoms with Crippen LogP contribution in [0.5, 0.6) is 5.75 Å². The summed E-state index contributed by atoms with van der Waals surface area (Å²) in [4.78, 5) is 2.60. The van der Waals surface area contributed by atoms with Crippen molar-refractivity contribution in [2.45, 2.75) is 51.6 Å². The van der Waals surface area contributed by atoms with E-state index in [1.165, 1.54) is 31.2 Å². The van der Waals surface area contributed by atoms with Gasteiger partial charge in [-0.1, -0.05) is 31.9 Å². The first kappa shape index (κ1) is 12.4. The van der Waals surface area contributed by atoms with E-state index in [1.54, 1.807) is 12.1 Å². The number of hydrogen-bond acceptors (Lipinski definition) is 2. The maximum absolute atomic E-state index is 9.33. The summed E-state index contributed by atoms with van der Waals surface area (Å²) in [7, 11) is 0. The Morgan fingerprint density at radius 2 is 1.82 bits per heavy atom. The summed E-state index contributed by atoms with van der Waals surface area (Å²) in [5.74, 6) is 0.352. The Balaban J connectivity index is 2.10. The van der Waals surface area contributed by atoms with Crippen molar-refractivity contribution in [3.8, 4) is 5.75 Å². The Bertz CT molecular complexity index is 340. The second kappa shape index (κ2) is 5.54. The minimum absolute atomic E-state index is 0.352. The first-order valence-electron chi connectivity index (χ1n) is 6.77. The van der Waals surface area contributed by atoms with Gasteiger partial charge in [0.1, 0.15) is 5.75 Å². The van der Waals surface area contributed by atoms with Crippen LogP contribution in [0, 0.1) is 0 Å². The second-order valence-corrected chi connectivity index (χ2v) is 5.04. The molecule has 17 heavy (non-hydrogen) atoms. The Labute approximate surface area is 104 Å². The summed E-state index contributed by atoms with van der Waals surface area (Å²) < 4.78 is 0. The zero-order valence-electron chi connectivity index (χ0n) is 10.9. The molecule has 0 aromatic heterocycles. The fourth-order valence-corrected chi connectivity index (χ4v) is 3.03. The normalized spacial score (nSPS) is 18.8. The highest BCUT2D eigenvalue weighted by Crippen LogP contribution is 2.31. The van der Waals surface area contributed by atoms with Gasteiger partial charge in [-0.3, -0.25) is 4.90 Å². The van der Waals surface area contributed by atoms with Crippen LogP contribution >= 0.6 is 0 Å². The fraction of sp³-hybridized carbons (Fsp3) is 0.600. The molecule has 0 amide bonds. The van der Waals surface area contributed by atoms with Crippen molar-refractivity contribution in [3.05, 3.63) is 29.8 Å². The number of aromatic hydroxyl groups is 1. The average molecular weight is 233 g/mol. The molecule has 1 aliphatic rings. The molecule has 1 atom stereocenters. The van der Waals surface area contributed by atoms with Crippen molar-refractivity contribution in [2.75, 3.05) is 6.54 Å². The molecule has 0 aliphatic heterocycles. The molecular weight excluding hydrogens is 210 g/mol. The molecule has 2 rings (SSSR count). The summed E-state index contributed by atoms with van der Waals surface area (Å²) in [6, 6.07) is 8.85. The number of phenolic OH excluding ortho intramolecular Hbond substituents is 1. The van der Waals surface area contributed by atoms with E-state index in [9.17, 15) is 5.11 Å². The topological polar surface area (TPSA) is 23.5 Å². The van der Waals surface area contributed by atoms with Crippen molar-refractivity contribution in [1.29, 1.82) is 0 Å². The van der Waals surface area contributed by atoms with Crippen LogP contribution in [0.15, 0.2) is 24.3 Å². The first-order valence-corrected chi connectivity index (χ1v) is 6.77. The molecule has 1 aromatic rings. The minimum atomic E-state index is 0.352. The van der Waals surface area contributed by atoms with Gasteiger partial charge < -0.3 is 5.11 Å². The number of benzene rings is 1. The maximum Gasteiger partial charge on any atom is 0.115 e. The molecule has 0 bridgehead atoms. The molecule has 1 aliphatic carbocycles. The van der Waals surface area contributed by atoms with Gasteiger partial charge in [-0.15, -0.1) is 0 Å². The van der Waals surface area contributed by atoms with Gasteiger partial charge in [0.2, 0.25) is 0 Å². The molecule has 1 unspecified atom stereocenters. The van der Waals surface area contributed by atoms with Crippen LogP contribution in [0.2, 0.25) is 0 Å². The summed E-state index contributed by atoms with van der Waals surface area (Å²) in [5.41, 5.74) is 1.30. The average Bonchev–Trinajstić information content (AvgIpc) is 2.84. The molecule has 2 heteroatoms. The smallest absolute Gasteiger partial charge is 0.115 e. The van der Waals surface area contributed by atoms with Gasteiger partial charge in [0, 0.05) is 12.1 Å². The van der Waals surface area contributed by atoms with Crippen molar-refractivity contribution in [3.63, 3.8) is 0 Å². The van der Waals surface area contributed by atoms with Crippen LogP contribution in [0.4, 0.5) is 0 Å². The molecule has 0 heterocycles. The lowest BCUT2D eigenvalue weighted by molar-refractivity contribution is 0.154. The standard InChI is InChI=1S/C15H23NO/c1-3-16(14-6-4-5-7-14)12(2)13-8-10-15(17)11-9-13/h8-12,14,17H,3-7H2,1-2H3. The quantitative estimate of drug-likeness (QED) is 0.856. The highest BCUT2D eigenvalue weighted by Gasteiger charge is 2.25. The Hall–Kier alpha value is -1.02. The largest absolute Gasteiger partial charge is 0.508 e. The first-order chi connectivity index (χ1) is 8.22. The van der Waals surface area contributed by atoms with E-state index in [-0.39, 0.29) is 0 Å². The van der Waals surface area contributed by atoms with Crippen molar-refractivity contribution in [2.24, 2.45) is 0 Å². The lowest BCUT2D eigenvalue weighted by Crippen LogP contribution is -2.35. The number of nitrogens with zero attached hydrogens (tertiary/aromatic N) is 1. The predicted octanol–water partition coefficient (Wildman–Crippen LogP) is 3.72. The van der Waals surface area contributed by atoms with Crippen LogP contribution in [0.3, 0.4) is 0 Å². The number of phenols is 1. The summed E-state index contributed by atoms with van der Waals surface area (Å²) in [6.45, 7) is 5.62. The third kappa shape index (κ3) is 2.81. The fourth-order valence-electron chi connectivity index (χ4n) is 3.03. The Morgan fingerprint density at radius 1 is 1.24 bits per heavy atom. The number of hydrogen-bond donors (Lipinski definition) is 1. The zero-order chi connectivity index (χ0) is 12.3. The molecule has 0 radical (unpaired) electrons. The van der Waals surface area contributed by atoms with Crippen LogP contribution < -0.4 is 0 Å². The molecule has 1 saturated carbocycles. The molecule has 1 N–H and O–H groups in total. The summed E-state index contributed by atoms with van der Waals surface area (Å²) in [6.07, 6.45) is 5.44. The van der Waals surface area contributed by atoms with Gasteiger partial charge >= 0.3 is 0 Å². The molecular formula is C15H23NO. The third-order valence-corrected chi connectivity index (χ3v) is 4.03. The van der Waals surface area contributed by atoms with E-state index in [1.807, 2.05) is 12.1 Å². The minimum Gasteiger partial charge on any atom is -0.508 e. The van der Waals surface area contributed by atoms with Crippen LogP contribution in [0.25, 0.3) is 0 Å². The van der Waals surface area contributed by atoms with Gasteiger partial charge in [0.05, 0.1) is 0 Å². The molecule has 0 saturated heterocycles. The molecule has 2 nitrogen and oxygen atoms in total. The van der Waals surface area contributed by atoms with Crippen molar-refractivity contribution < 1.29 is 5.11 Å². The van der Waals surface area contributed by atoms with Gasteiger partial charge in [-0.05, 0) is 44.0 Å². The van der Waals surface area contributed by atoms with Gasteiger partial charge in [0.15, 0.2) is 0 Å². The van der Waals surface area contributed by atoms with E-state index < -0.39 is 0 Å².